The van der Waals surface area contributed by atoms with Crippen LogP contribution in [0.5, 0.6) is 0 Å². The third-order valence-electron chi connectivity index (χ3n) is 2.45. The molecule has 0 bridgehead atoms. The number of rotatable bonds is 5. The molecule has 1 saturated heterocycles. The molecule has 0 radical (unpaired) electrons. The van der Waals surface area contributed by atoms with Gasteiger partial charge in [0.2, 0.25) is 0 Å². The molecule has 3 N–H and O–H groups in total. The molecule has 0 aromatic heterocycles. The lowest BCUT2D eigenvalue weighted by Crippen LogP contribution is -2.51. The Kier molecular flexibility index (Phi) is 4.54. The lowest BCUT2D eigenvalue weighted by molar-refractivity contribution is -0.117. The van der Waals surface area contributed by atoms with E-state index in [1.54, 1.807) is 0 Å². The quantitative estimate of drug-likeness (QED) is 0.493. The summed E-state index contributed by atoms with van der Waals surface area (Å²) in [5.74, 6) is 0. The second-order valence-corrected chi connectivity index (χ2v) is 3.56. The van der Waals surface area contributed by atoms with E-state index in [4.69, 9.17) is 10.0 Å². The van der Waals surface area contributed by atoms with Gasteiger partial charge in [0.05, 0.1) is 6.04 Å². The lowest BCUT2D eigenvalue weighted by Gasteiger charge is -2.23. The summed E-state index contributed by atoms with van der Waals surface area (Å²) in [6.45, 7) is 3.69. The second kappa shape index (κ2) is 5.45. The fraction of sp³-hybridized carbons (Fsp3) is 0.875. The Balaban J connectivity index is 2.41. The minimum atomic E-state index is -1.87. The van der Waals surface area contributed by atoms with Crippen LogP contribution in [0.25, 0.3) is 0 Å². The normalized spacial score (nSPS) is 19.6. The van der Waals surface area contributed by atoms with Crippen molar-refractivity contribution in [1.29, 1.82) is 0 Å². The molecule has 1 rings (SSSR count). The van der Waals surface area contributed by atoms with Crippen molar-refractivity contribution in [3.8, 4) is 0 Å². The number of hydrogen-bond donors (Lipinski definition) is 3. The SMILES string of the molecule is CCC(NN1CCCC1)C(=O)B(O)O. The lowest BCUT2D eigenvalue weighted by atomic mass is 9.79. The van der Waals surface area contributed by atoms with E-state index < -0.39 is 18.8 Å². The summed E-state index contributed by atoms with van der Waals surface area (Å²) in [5.41, 5.74) is 2.45. The van der Waals surface area contributed by atoms with Gasteiger partial charge >= 0.3 is 7.12 Å². The number of carbonyl (C=O) groups excluding carboxylic acids is 1. The number of nitrogens with zero attached hydrogens (tertiary/aromatic N) is 1. The van der Waals surface area contributed by atoms with Gasteiger partial charge in [0, 0.05) is 13.1 Å². The summed E-state index contributed by atoms with van der Waals surface area (Å²) in [5, 5.41) is 19.5. The molecule has 0 aliphatic carbocycles. The standard InChI is InChI=1S/C8H17BN2O3/c1-2-7(8(12)9(13)14)10-11-5-3-4-6-11/h7,10,13-14H,2-6H2,1H3. The maximum Gasteiger partial charge on any atom is 0.528 e. The summed E-state index contributed by atoms with van der Waals surface area (Å²) in [7, 11) is -1.87. The number of hydrogen-bond acceptors (Lipinski definition) is 5. The van der Waals surface area contributed by atoms with E-state index in [0.717, 1.165) is 25.9 Å². The van der Waals surface area contributed by atoms with Crippen molar-refractivity contribution < 1.29 is 14.8 Å². The topological polar surface area (TPSA) is 72.8 Å². The van der Waals surface area contributed by atoms with Crippen LogP contribution < -0.4 is 5.43 Å². The van der Waals surface area contributed by atoms with Crippen molar-refractivity contribution in [3.05, 3.63) is 0 Å². The van der Waals surface area contributed by atoms with Crippen molar-refractivity contribution >= 4 is 12.8 Å². The first-order chi connectivity index (χ1) is 6.65. The highest BCUT2D eigenvalue weighted by Crippen LogP contribution is 2.06. The average Bonchev–Trinajstić information content (AvgIpc) is 2.65. The zero-order chi connectivity index (χ0) is 10.6. The summed E-state index contributed by atoms with van der Waals surface area (Å²) in [4.78, 5) is 11.3. The summed E-state index contributed by atoms with van der Waals surface area (Å²) in [6.07, 6.45) is 2.81. The van der Waals surface area contributed by atoms with Gasteiger partial charge in [-0.3, -0.25) is 0 Å². The minimum Gasteiger partial charge on any atom is -0.421 e. The smallest absolute Gasteiger partial charge is 0.421 e. The molecular formula is C8H17BN2O3. The van der Waals surface area contributed by atoms with Crippen LogP contribution in [0.3, 0.4) is 0 Å². The van der Waals surface area contributed by atoms with Gasteiger partial charge in [0.15, 0.2) is 5.68 Å². The maximum absolute atomic E-state index is 11.3. The molecule has 80 valence electrons. The van der Waals surface area contributed by atoms with Crippen LogP contribution in [0.1, 0.15) is 26.2 Å². The molecular weight excluding hydrogens is 183 g/mol. The van der Waals surface area contributed by atoms with Gasteiger partial charge in [-0.05, 0) is 19.3 Å². The van der Waals surface area contributed by atoms with Crippen LogP contribution >= 0.6 is 0 Å². The first-order valence-corrected chi connectivity index (χ1v) is 5.06. The molecule has 0 spiro atoms. The van der Waals surface area contributed by atoms with Gasteiger partial charge in [-0.25, -0.2) is 10.4 Å². The van der Waals surface area contributed by atoms with E-state index >= 15 is 0 Å². The molecule has 0 aromatic carbocycles. The highest BCUT2D eigenvalue weighted by Gasteiger charge is 2.29. The average molecular weight is 200 g/mol. The minimum absolute atomic E-state index is 0.479. The first kappa shape index (κ1) is 11.6. The van der Waals surface area contributed by atoms with E-state index in [1.165, 1.54) is 0 Å². The molecule has 0 amide bonds. The number of hydrazine groups is 1. The highest BCUT2D eigenvalue weighted by molar-refractivity contribution is 6.79. The van der Waals surface area contributed by atoms with Crippen molar-refractivity contribution in [2.24, 2.45) is 0 Å². The third kappa shape index (κ3) is 3.06. The van der Waals surface area contributed by atoms with Crippen LogP contribution in [-0.4, -0.2) is 47.0 Å². The molecule has 6 heteroatoms. The largest absolute Gasteiger partial charge is 0.528 e. The molecule has 1 heterocycles. The molecule has 1 unspecified atom stereocenters. The van der Waals surface area contributed by atoms with Gasteiger partial charge in [-0.15, -0.1) is 0 Å². The molecule has 14 heavy (non-hydrogen) atoms. The monoisotopic (exact) mass is 200 g/mol. The Bertz CT molecular complexity index is 195. The van der Waals surface area contributed by atoms with Crippen molar-refractivity contribution in [3.63, 3.8) is 0 Å². The first-order valence-electron chi connectivity index (χ1n) is 5.06. The van der Waals surface area contributed by atoms with Gasteiger partial charge in [0.25, 0.3) is 0 Å². The maximum atomic E-state index is 11.3. The summed E-state index contributed by atoms with van der Waals surface area (Å²) >= 11 is 0. The Morgan fingerprint density at radius 1 is 1.50 bits per heavy atom. The van der Waals surface area contributed by atoms with E-state index in [2.05, 4.69) is 5.43 Å². The zero-order valence-electron chi connectivity index (χ0n) is 8.44. The molecule has 1 aliphatic rings. The van der Waals surface area contributed by atoms with Crippen molar-refractivity contribution in [2.75, 3.05) is 13.1 Å². The van der Waals surface area contributed by atoms with E-state index in [-0.39, 0.29) is 0 Å². The Morgan fingerprint density at radius 2 is 2.07 bits per heavy atom. The van der Waals surface area contributed by atoms with E-state index in [1.807, 2.05) is 11.9 Å². The molecule has 5 nitrogen and oxygen atoms in total. The molecule has 0 aromatic rings. The fourth-order valence-corrected chi connectivity index (χ4v) is 1.60. The third-order valence-corrected chi connectivity index (χ3v) is 2.45. The van der Waals surface area contributed by atoms with E-state index in [9.17, 15) is 4.79 Å². The Labute approximate surface area is 84.2 Å². The fourth-order valence-electron chi connectivity index (χ4n) is 1.60. The van der Waals surface area contributed by atoms with Crippen LogP contribution in [0.2, 0.25) is 0 Å². The summed E-state index contributed by atoms with van der Waals surface area (Å²) in [6, 6.07) is -0.479. The van der Waals surface area contributed by atoms with Crippen LogP contribution in [0.15, 0.2) is 0 Å². The second-order valence-electron chi connectivity index (χ2n) is 3.56. The van der Waals surface area contributed by atoms with Gasteiger partial charge in [0.1, 0.15) is 0 Å². The number of carbonyl (C=O) groups is 1. The van der Waals surface area contributed by atoms with Crippen LogP contribution in [-0.2, 0) is 4.79 Å². The summed E-state index contributed by atoms with van der Waals surface area (Å²) < 4.78 is 0. The van der Waals surface area contributed by atoms with Gasteiger partial charge in [-0.2, -0.15) is 0 Å². The predicted molar refractivity (Wildman–Crippen MR) is 53.2 cm³/mol. The molecule has 1 atom stereocenters. The Hall–Kier alpha value is -0.425. The molecule has 1 aliphatic heterocycles. The van der Waals surface area contributed by atoms with Crippen LogP contribution in [0, 0.1) is 0 Å². The highest BCUT2D eigenvalue weighted by atomic mass is 16.4. The zero-order valence-corrected chi connectivity index (χ0v) is 8.44. The van der Waals surface area contributed by atoms with Crippen LogP contribution in [0.4, 0.5) is 0 Å². The number of nitrogens with one attached hydrogen (secondary N) is 1. The Morgan fingerprint density at radius 3 is 2.50 bits per heavy atom. The van der Waals surface area contributed by atoms with Crippen molar-refractivity contribution in [1.82, 2.24) is 10.4 Å². The predicted octanol–water partition coefficient (Wildman–Crippen LogP) is -1.05. The molecule has 1 fully saturated rings. The van der Waals surface area contributed by atoms with Gasteiger partial charge < -0.3 is 14.8 Å². The molecule has 0 saturated carbocycles. The van der Waals surface area contributed by atoms with Gasteiger partial charge in [-0.1, -0.05) is 6.92 Å². The van der Waals surface area contributed by atoms with E-state index in [0.29, 0.717) is 6.42 Å². The van der Waals surface area contributed by atoms with Crippen molar-refractivity contribution in [2.45, 2.75) is 32.2 Å².